The molecule has 1 fully saturated rings. The minimum Gasteiger partial charge on any atom is -0.451 e. The molecule has 0 N–H and O–H groups in total. The third kappa shape index (κ3) is 2.28. The van der Waals surface area contributed by atoms with E-state index in [0.29, 0.717) is 29.6 Å². The van der Waals surface area contributed by atoms with E-state index in [-0.39, 0.29) is 11.6 Å². The van der Waals surface area contributed by atoms with Gasteiger partial charge in [0.25, 0.3) is 0 Å². The van der Waals surface area contributed by atoms with E-state index >= 15 is 0 Å². The van der Waals surface area contributed by atoms with Gasteiger partial charge in [-0.25, -0.2) is 9.18 Å². The minimum atomic E-state index is -0.759. The van der Waals surface area contributed by atoms with Gasteiger partial charge in [0.05, 0.1) is 5.57 Å². The summed E-state index contributed by atoms with van der Waals surface area (Å²) in [4.78, 5) is 24.7. The Bertz CT molecular complexity index is 622. The largest absolute Gasteiger partial charge is 0.451 e. The molecule has 2 aliphatic rings. The van der Waals surface area contributed by atoms with Crippen molar-refractivity contribution in [3.8, 4) is 0 Å². The molecule has 1 aliphatic heterocycles. The first-order valence-electron chi connectivity index (χ1n) is 7.28. The van der Waals surface area contributed by atoms with Crippen molar-refractivity contribution in [1.82, 2.24) is 0 Å². The number of carbonyl (C=O) groups excluding carboxylic acids is 2. The number of carbonyl (C=O) groups is 2. The van der Waals surface area contributed by atoms with Crippen molar-refractivity contribution in [2.24, 2.45) is 0 Å². The Labute approximate surface area is 122 Å². The number of halogens is 1. The van der Waals surface area contributed by atoms with Gasteiger partial charge in [0, 0.05) is 11.1 Å². The van der Waals surface area contributed by atoms with Gasteiger partial charge in [0.1, 0.15) is 11.4 Å². The zero-order chi connectivity index (χ0) is 15.0. The smallest absolute Gasteiger partial charge is 0.335 e. The predicted octanol–water partition coefficient (Wildman–Crippen LogP) is 3.58. The highest BCUT2D eigenvalue weighted by molar-refractivity contribution is 6.16. The molecule has 1 heterocycles. The van der Waals surface area contributed by atoms with Crippen molar-refractivity contribution in [2.45, 2.75) is 44.6 Å². The molecule has 3 rings (SSSR count). The second-order valence-electron chi connectivity index (χ2n) is 5.78. The Morgan fingerprint density at radius 1 is 1.14 bits per heavy atom. The van der Waals surface area contributed by atoms with Crippen LogP contribution in [0.25, 0.3) is 0 Å². The summed E-state index contributed by atoms with van der Waals surface area (Å²) in [7, 11) is 0. The number of ketones is 1. The fraction of sp³-hybridized carbons (Fsp3) is 0.412. The molecule has 1 aliphatic carbocycles. The van der Waals surface area contributed by atoms with E-state index in [9.17, 15) is 14.0 Å². The maximum absolute atomic E-state index is 13.0. The van der Waals surface area contributed by atoms with Crippen LogP contribution in [0.5, 0.6) is 0 Å². The molecule has 0 saturated heterocycles. The molecular formula is C17H17FO3. The highest BCUT2D eigenvalue weighted by Gasteiger charge is 2.49. The van der Waals surface area contributed by atoms with E-state index in [1.807, 2.05) is 0 Å². The lowest BCUT2D eigenvalue weighted by Gasteiger charge is -2.34. The Morgan fingerprint density at radius 2 is 1.76 bits per heavy atom. The van der Waals surface area contributed by atoms with Gasteiger partial charge >= 0.3 is 5.97 Å². The molecule has 0 unspecified atom stereocenters. The molecule has 1 aromatic carbocycles. The highest BCUT2D eigenvalue weighted by atomic mass is 19.1. The summed E-state index contributed by atoms with van der Waals surface area (Å²) in [6.07, 6.45) is 4.37. The van der Waals surface area contributed by atoms with Gasteiger partial charge in [0.2, 0.25) is 0 Å². The van der Waals surface area contributed by atoms with E-state index < -0.39 is 11.6 Å². The molecule has 0 aromatic heterocycles. The molecule has 0 radical (unpaired) electrons. The summed E-state index contributed by atoms with van der Waals surface area (Å²) in [6, 6.07) is 5.43. The van der Waals surface area contributed by atoms with Gasteiger partial charge in [-0.3, -0.25) is 4.79 Å². The lowest BCUT2D eigenvalue weighted by Crippen LogP contribution is -2.37. The minimum absolute atomic E-state index is 0.222. The quantitative estimate of drug-likeness (QED) is 0.617. The summed E-state index contributed by atoms with van der Waals surface area (Å²) in [5.74, 6) is -1.01. The van der Waals surface area contributed by atoms with Gasteiger partial charge in [0.15, 0.2) is 5.78 Å². The number of benzene rings is 1. The van der Waals surface area contributed by atoms with Gasteiger partial charge < -0.3 is 4.74 Å². The molecule has 0 bridgehead atoms. The van der Waals surface area contributed by atoms with Crippen LogP contribution in [0.4, 0.5) is 4.39 Å². The third-order valence-corrected chi connectivity index (χ3v) is 4.42. The van der Waals surface area contributed by atoms with Gasteiger partial charge in [-0.05, 0) is 56.9 Å². The maximum Gasteiger partial charge on any atom is 0.335 e. The summed E-state index contributed by atoms with van der Waals surface area (Å²) >= 11 is 0. The number of hydrogen-bond acceptors (Lipinski definition) is 3. The molecule has 21 heavy (non-hydrogen) atoms. The molecule has 3 nitrogen and oxygen atoms in total. The van der Waals surface area contributed by atoms with E-state index in [1.54, 1.807) is 6.92 Å². The maximum atomic E-state index is 13.0. The van der Waals surface area contributed by atoms with E-state index in [4.69, 9.17) is 4.74 Å². The van der Waals surface area contributed by atoms with Crippen molar-refractivity contribution >= 4 is 11.8 Å². The third-order valence-electron chi connectivity index (χ3n) is 4.42. The lowest BCUT2D eigenvalue weighted by atomic mass is 9.76. The van der Waals surface area contributed by atoms with Gasteiger partial charge in [-0.1, -0.05) is 6.42 Å². The van der Waals surface area contributed by atoms with Crippen molar-refractivity contribution in [2.75, 3.05) is 0 Å². The van der Waals surface area contributed by atoms with Crippen molar-refractivity contribution in [3.63, 3.8) is 0 Å². The first kappa shape index (κ1) is 14.0. The predicted molar refractivity (Wildman–Crippen MR) is 75.3 cm³/mol. The number of esters is 1. The molecule has 0 amide bonds. The van der Waals surface area contributed by atoms with Crippen LogP contribution in [0.15, 0.2) is 35.4 Å². The summed E-state index contributed by atoms with van der Waals surface area (Å²) in [5.41, 5.74) is 0.504. The Balaban J connectivity index is 2.02. The summed E-state index contributed by atoms with van der Waals surface area (Å²) in [5, 5.41) is 0. The number of hydrogen-bond donors (Lipinski definition) is 0. The van der Waals surface area contributed by atoms with Crippen LogP contribution < -0.4 is 0 Å². The zero-order valence-corrected chi connectivity index (χ0v) is 11.9. The topological polar surface area (TPSA) is 43.4 Å². The average Bonchev–Trinajstić information content (AvgIpc) is 2.71. The fourth-order valence-corrected chi connectivity index (χ4v) is 3.35. The van der Waals surface area contributed by atoms with Crippen LogP contribution >= 0.6 is 0 Å². The molecule has 0 atom stereocenters. The number of rotatable bonds is 2. The van der Waals surface area contributed by atoms with Crippen molar-refractivity contribution in [3.05, 3.63) is 46.8 Å². The first-order valence-corrected chi connectivity index (χ1v) is 7.28. The van der Waals surface area contributed by atoms with E-state index in [2.05, 4.69) is 0 Å². The van der Waals surface area contributed by atoms with Crippen LogP contribution in [0, 0.1) is 5.82 Å². The SMILES string of the molecule is CC1=C(C(=O)c2ccc(F)cc2)C2(CCCCC2)OC1=O. The zero-order valence-electron chi connectivity index (χ0n) is 11.9. The van der Waals surface area contributed by atoms with E-state index in [1.165, 1.54) is 24.3 Å². The molecule has 1 saturated carbocycles. The molecule has 110 valence electrons. The Kier molecular flexibility index (Phi) is 3.40. The average molecular weight is 288 g/mol. The summed E-state index contributed by atoms with van der Waals surface area (Å²) in [6.45, 7) is 1.64. The Morgan fingerprint density at radius 3 is 2.38 bits per heavy atom. The van der Waals surface area contributed by atoms with Crippen LogP contribution in [-0.4, -0.2) is 17.4 Å². The lowest BCUT2D eigenvalue weighted by molar-refractivity contribution is -0.148. The van der Waals surface area contributed by atoms with Crippen LogP contribution in [0.3, 0.4) is 0 Å². The second kappa shape index (κ2) is 5.10. The fourth-order valence-electron chi connectivity index (χ4n) is 3.35. The molecule has 1 spiro atoms. The summed E-state index contributed by atoms with van der Waals surface area (Å²) < 4.78 is 18.6. The first-order chi connectivity index (χ1) is 10.0. The Hall–Kier alpha value is -1.97. The van der Waals surface area contributed by atoms with Gasteiger partial charge in [-0.15, -0.1) is 0 Å². The normalized spacial score (nSPS) is 20.8. The van der Waals surface area contributed by atoms with Crippen LogP contribution in [0.1, 0.15) is 49.4 Å². The van der Waals surface area contributed by atoms with Crippen LogP contribution in [-0.2, 0) is 9.53 Å². The second-order valence-corrected chi connectivity index (χ2v) is 5.78. The standard InChI is InChI=1S/C17H17FO3/c1-11-14(15(19)12-5-7-13(18)8-6-12)17(21-16(11)20)9-3-2-4-10-17/h5-8H,2-4,9-10H2,1H3. The van der Waals surface area contributed by atoms with Crippen LogP contribution in [0.2, 0.25) is 0 Å². The van der Waals surface area contributed by atoms with E-state index in [0.717, 1.165) is 19.3 Å². The molecular weight excluding hydrogens is 271 g/mol. The number of ether oxygens (including phenoxy) is 1. The monoisotopic (exact) mass is 288 g/mol. The van der Waals surface area contributed by atoms with Crippen molar-refractivity contribution in [1.29, 1.82) is 0 Å². The molecule has 4 heteroatoms. The van der Waals surface area contributed by atoms with Gasteiger partial charge in [-0.2, -0.15) is 0 Å². The molecule has 1 aromatic rings. The highest BCUT2D eigenvalue weighted by Crippen LogP contribution is 2.44. The number of Topliss-reactive ketones (excluding diaryl/α,β-unsaturated/α-hetero) is 1. The van der Waals surface area contributed by atoms with Crippen molar-refractivity contribution < 1.29 is 18.7 Å².